The van der Waals surface area contributed by atoms with Gasteiger partial charge in [-0.2, -0.15) is 8.42 Å². The number of hydrogen-bond acceptors (Lipinski definition) is 8. The number of carbonyl (C=O) groups excluding carboxylic acids is 5. The number of imide groups is 2. The number of amides is 4. The Morgan fingerprint density at radius 1 is 0.964 bits per heavy atom. The van der Waals surface area contributed by atoms with Crippen LogP contribution >= 0.6 is 0 Å². The van der Waals surface area contributed by atoms with Crippen LogP contribution in [0.5, 0.6) is 0 Å². The summed E-state index contributed by atoms with van der Waals surface area (Å²) in [5, 5.41) is 0. The van der Waals surface area contributed by atoms with Crippen molar-refractivity contribution in [3.05, 3.63) is 12.2 Å². The van der Waals surface area contributed by atoms with Crippen molar-refractivity contribution in [3.8, 4) is 0 Å². The summed E-state index contributed by atoms with van der Waals surface area (Å²) in [6, 6.07) is 0. The van der Waals surface area contributed by atoms with Crippen molar-refractivity contribution in [2.75, 3.05) is 6.54 Å². The fourth-order valence-corrected chi connectivity index (χ4v) is 4.56. The predicted molar refractivity (Wildman–Crippen MR) is 94.6 cm³/mol. The van der Waals surface area contributed by atoms with E-state index < -0.39 is 34.0 Å². The van der Waals surface area contributed by atoms with Crippen LogP contribution < -0.4 is 0 Å². The SMILES string of the molecule is O=C(OS(=O)(=O)N1C(=O)CCC1=O)C1CCC(CN2C(=O)C=CC2=O)CC1.[NaH]. The zero-order valence-corrected chi connectivity index (χ0v) is 15.1. The molecule has 2 aliphatic heterocycles. The van der Waals surface area contributed by atoms with Gasteiger partial charge in [0.05, 0.1) is 5.92 Å². The minimum atomic E-state index is -4.77. The van der Waals surface area contributed by atoms with Crippen molar-refractivity contribution in [2.45, 2.75) is 38.5 Å². The summed E-state index contributed by atoms with van der Waals surface area (Å²) in [7, 11) is -4.77. The van der Waals surface area contributed by atoms with Crippen LogP contribution in [-0.2, 0) is 38.5 Å². The fourth-order valence-electron chi connectivity index (χ4n) is 3.46. The second kappa shape index (κ2) is 8.85. The average molecular weight is 422 g/mol. The van der Waals surface area contributed by atoms with Gasteiger partial charge in [0.2, 0.25) is 11.8 Å². The van der Waals surface area contributed by atoms with Crippen LogP contribution in [0.2, 0.25) is 0 Å². The molecule has 0 unspecified atom stereocenters. The molecule has 0 N–H and O–H groups in total. The molecule has 3 aliphatic rings. The third-order valence-electron chi connectivity index (χ3n) is 4.94. The van der Waals surface area contributed by atoms with Gasteiger partial charge in [0.25, 0.3) is 11.8 Å². The molecule has 0 atom stereocenters. The summed E-state index contributed by atoms with van der Waals surface area (Å²) in [6.07, 6.45) is 3.62. The van der Waals surface area contributed by atoms with Crippen molar-refractivity contribution >= 4 is 69.5 Å². The summed E-state index contributed by atoms with van der Waals surface area (Å²) in [5.41, 5.74) is 0. The zero-order chi connectivity index (χ0) is 19.8. The molecule has 0 aromatic heterocycles. The van der Waals surface area contributed by atoms with E-state index >= 15 is 0 Å². The molecule has 148 valence electrons. The zero-order valence-electron chi connectivity index (χ0n) is 14.3. The Morgan fingerprint density at radius 3 is 1.96 bits per heavy atom. The van der Waals surface area contributed by atoms with Crippen LogP contribution in [-0.4, -0.2) is 83.3 Å². The molecule has 1 saturated heterocycles. The maximum atomic E-state index is 12.2. The Balaban J connectivity index is 0.00000280. The van der Waals surface area contributed by atoms with E-state index in [9.17, 15) is 32.4 Å². The monoisotopic (exact) mass is 422 g/mol. The van der Waals surface area contributed by atoms with Crippen molar-refractivity contribution in [1.82, 2.24) is 9.21 Å². The molecule has 0 aromatic carbocycles. The fraction of sp³-hybridized carbons (Fsp3) is 0.562. The van der Waals surface area contributed by atoms with E-state index in [-0.39, 0.29) is 71.0 Å². The van der Waals surface area contributed by atoms with Crippen molar-refractivity contribution in [2.24, 2.45) is 11.8 Å². The van der Waals surface area contributed by atoms with Crippen LogP contribution in [0.4, 0.5) is 0 Å². The van der Waals surface area contributed by atoms with E-state index in [1.165, 1.54) is 12.2 Å². The maximum absolute atomic E-state index is 12.2. The van der Waals surface area contributed by atoms with Crippen molar-refractivity contribution in [1.29, 1.82) is 0 Å². The molecule has 0 spiro atoms. The molecule has 10 nitrogen and oxygen atoms in total. The molecule has 1 saturated carbocycles. The Morgan fingerprint density at radius 2 is 1.46 bits per heavy atom. The van der Waals surface area contributed by atoms with E-state index in [2.05, 4.69) is 4.18 Å². The van der Waals surface area contributed by atoms with Gasteiger partial charge in [-0.1, -0.05) is 0 Å². The molecule has 4 amide bonds. The first-order valence-electron chi connectivity index (χ1n) is 8.57. The van der Waals surface area contributed by atoms with E-state index in [0.717, 1.165) is 4.90 Å². The first kappa shape index (κ1) is 22.7. The normalized spacial score (nSPS) is 25.3. The van der Waals surface area contributed by atoms with Gasteiger partial charge in [-0.3, -0.25) is 28.9 Å². The van der Waals surface area contributed by atoms with E-state index in [0.29, 0.717) is 25.7 Å². The molecule has 0 bridgehead atoms. The van der Waals surface area contributed by atoms with Gasteiger partial charge in [0.15, 0.2) is 0 Å². The first-order chi connectivity index (χ1) is 12.7. The molecule has 0 radical (unpaired) electrons. The number of nitrogens with zero attached hydrogens (tertiary/aromatic N) is 2. The van der Waals surface area contributed by atoms with Gasteiger partial charge in [0, 0.05) is 31.5 Å². The Hall–Kier alpha value is -1.56. The van der Waals surface area contributed by atoms with Gasteiger partial charge in [-0.25, -0.2) is 0 Å². The third kappa shape index (κ3) is 4.70. The van der Waals surface area contributed by atoms with Gasteiger partial charge >= 0.3 is 45.8 Å². The van der Waals surface area contributed by atoms with Crippen molar-refractivity contribution < 1.29 is 36.6 Å². The Bertz CT molecular complexity index is 811. The van der Waals surface area contributed by atoms with Gasteiger partial charge in [-0.15, -0.1) is 4.31 Å². The van der Waals surface area contributed by atoms with E-state index in [4.69, 9.17) is 0 Å². The first-order valence-corrected chi connectivity index (χ1v) is 9.93. The molecule has 12 heteroatoms. The molecule has 28 heavy (non-hydrogen) atoms. The topological polar surface area (TPSA) is 135 Å². The molecule has 2 fully saturated rings. The predicted octanol–water partition coefficient (Wildman–Crippen LogP) is -0.994. The van der Waals surface area contributed by atoms with Crippen LogP contribution in [0.3, 0.4) is 0 Å². The van der Waals surface area contributed by atoms with Crippen LogP contribution in [0.1, 0.15) is 38.5 Å². The van der Waals surface area contributed by atoms with Crippen LogP contribution in [0.25, 0.3) is 0 Å². The average Bonchev–Trinajstić information content (AvgIpc) is 3.11. The molecule has 0 aromatic rings. The molecular formula is C16H19N2NaO8S. The summed E-state index contributed by atoms with van der Waals surface area (Å²) in [6.45, 7) is 0.252. The number of hydrogen-bond donors (Lipinski definition) is 0. The van der Waals surface area contributed by atoms with E-state index in [1.54, 1.807) is 0 Å². The quantitative estimate of drug-likeness (QED) is 0.407. The number of rotatable bonds is 5. The minimum absolute atomic E-state index is 0. The second-order valence-corrected chi connectivity index (χ2v) is 8.14. The summed E-state index contributed by atoms with van der Waals surface area (Å²) >= 11 is 0. The molecule has 3 rings (SSSR count). The van der Waals surface area contributed by atoms with Gasteiger partial charge in [-0.05, 0) is 31.6 Å². The summed E-state index contributed by atoms with van der Waals surface area (Å²) in [5.74, 6) is -4.24. The summed E-state index contributed by atoms with van der Waals surface area (Å²) in [4.78, 5) is 59.5. The second-order valence-electron chi connectivity index (χ2n) is 6.75. The Kier molecular flexibility index (Phi) is 7.18. The van der Waals surface area contributed by atoms with E-state index in [1.807, 2.05) is 0 Å². The van der Waals surface area contributed by atoms with Gasteiger partial charge in [0.1, 0.15) is 0 Å². The van der Waals surface area contributed by atoms with Crippen LogP contribution in [0, 0.1) is 11.8 Å². The van der Waals surface area contributed by atoms with Crippen LogP contribution in [0.15, 0.2) is 12.2 Å². The third-order valence-corrected chi connectivity index (χ3v) is 6.17. The Labute approximate surface area is 183 Å². The molecule has 1 aliphatic carbocycles. The number of carbonyl (C=O) groups is 5. The standard InChI is InChI=1S/C16H18N2O8S.Na.H/c19-12-5-6-13(20)17(12)9-10-1-3-11(4-2-10)16(23)26-27(24,25)18-14(21)7-8-15(18)22;;/h5-6,10-11H,1-4,7-9H2;;. The molecular weight excluding hydrogens is 403 g/mol. The van der Waals surface area contributed by atoms with Gasteiger partial charge < -0.3 is 4.18 Å². The molecule has 2 heterocycles. The summed E-state index contributed by atoms with van der Waals surface area (Å²) < 4.78 is 28.6. The van der Waals surface area contributed by atoms with Crippen molar-refractivity contribution in [3.63, 3.8) is 0 Å².